The number of ether oxygens (including phenoxy) is 1. The highest BCUT2D eigenvalue weighted by Gasteiger charge is 2.49. The van der Waals surface area contributed by atoms with Crippen molar-refractivity contribution in [1.29, 1.82) is 0 Å². The van der Waals surface area contributed by atoms with Gasteiger partial charge in [-0.05, 0) is 48.4 Å². The number of hydrogen-bond donors (Lipinski definition) is 1. The van der Waals surface area contributed by atoms with E-state index in [-0.39, 0.29) is 0 Å². The van der Waals surface area contributed by atoms with Crippen molar-refractivity contribution in [3.63, 3.8) is 0 Å². The smallest absolute Gasteiger partial charge is 0.118 e. The monoisotopic (exact) mass is 247 g/mol. The quantitative estimate of drug-likeness (QED) is 0.833. The summed E-state index contributed by atoms with van der Waals surface area (Å²) in [5.41, 5.74) is 1.92. The lowest BCUT2D eigenvalue weighted by Crippen LogP contribution is -2.34. The van der Waals surface area contributed by atoms with Crippen molar-refractivity contribution in [3.05, 3.63) is 29.8 Å². The van der Waals surface area contributed by atoms with Gasteiger partial charge in [-0.2, -0.15) is 0 Å². The summed E-state index contributed by atoms with van der Waals surface area (Å²) in [6.45, 7) is 7.98. The maximum atomic E-state index is 5.20. The summed E-state index contributed by atoms with van der Waals surface area (Å²) in [7, 11) is 1.71. The van der Waals surface area contributed by atoms with Crippen LogP contribution >= 0.6 is 0 Å². The van der Waals surface area contributed by atoms with Crippen molar-refractivity contribution < 1.29 is 4.74 Å². The average molecular weight is 247 g/mol. The van der Waals surface area contributed by atoms with Gasteiger partial charge in [-0.3, -0.25) is 0 Å². The van der Waals surface area contributed by atoms with E-state index in [0.717, 1.165) is 24.6 Å². The first-order valence-electron chi connectivity index (χ1n) is 6.93. The van der Waals surface area contributed by atoms with Gasteiger partial charge in [0.15, 0.2) is 0 Å². The lowest BCUT2D eigenvalue weighted by molar-refractivity contribution is 0.407. The molecule has 1 N–H and O–H groups in total. The zero-order chi connectivity index (χ0) is 13.2. The molecule has 0 aromatic heterocycles. The van der Waals surface area contributed by atoms with Crippen LogP contribution in [-0.2, 0) is 6.42 Å². The second-order valence-corrected chi connectivity index (χ2v) is 6.02. The van der Waals surface area contributed by atoms with Crippen LogP contribution in [0.1, 0.15) is 32.8 Å². The highest BCUT2D eigenvalue weighted by Crippen LogP contribution is 2.54. The van der Waals surface area contributed by atoms with Gasteiger partial charge >= 0.3 is 0 Å². The van der Waals surface area contributed by atoms with E-state index in [1.54, 1.807) is 7.11 Å². The standard InChI is InChI=1S/C16H25NO/c1-5-17-15(14-11-16(14,2)3)10-12-6-8-13(18-4)9-7-12/h6-9,14-15,17H,5,10-11H2,1-4H3. The van der Waals surface area contributed by atoms with Crippen LogP contribution in [0.3, 0.4) is 0 Å². The molecule has 1 aromatic carbocycles. The molecule has 1 aliphatic rings. The molecular weight excluding hydrogens is 222 g/mol. The van der Waals surface area contributed by atoms with Crippen molar-refractivity contribution in [2.75, 3.05) is 13.7 Å². The first kappa shape index (κ1) is 13.4. The van der Waals surface area contributed by atoms with E-state index in [4.69, 9.17) is 4.74 Å². The van der Waals surface area contributed by atoms with Crippen molar-refractivity contribution in [2.45, 2.75) is 39.7 Å². The Morgan fingerprint density at radius 2 is 1.94 bits per heavy atom. The summed E-state index contributed by atoms with van der Waals surface area (Å²) in [4.78, 5) is 0. The average Bonchev–Trinajstić information content (AvgIpc) is 2.99. The second kappa shape index (κ2) is 5.31. The number of methoxy groups -OCH3 is 1. The van der Waals surface area contributed by atoms with E-state index in [9.17, 15) is 0 Å². The molecule has 1 fully saturated rings. The minimum Gasteiger partial charge on any atom is -0.497 e. The molecule has 0 amide bonds. The fraction of sp³-hybridized carbons (Fsp3) is 0.625. The van der Waals surface area contributed by atoms with E-state index in [1.165, 1.54) is 12.0 Å². The Morgan fingerprint density at radius 3 is 2.39 bits per heavy atom. The molecule has 2 nitrogen and oxygen atoms in total. The molecule has 1 aliphatic carbocycles. The van der Waals surface area contributed by atoms with E-state index in [2.05, 4.69) is 50.4 Å². The lowest BCUT2D eigenvalue weighted by atomic mass is 9.97. The van der Waals surface area contributed by atoms with E-state index >= 15 is 0 Å². The first-order valence-corrected chi connectivity index (χ1v) is 6.93. The van der Waals surface area contributed by atoms with Crippen molar-refractivity contribution >= 4 is 0 Å². The molecule has 2 atom stereocenters. The minimum atomic E-state index is 0.527. The van der Waals surface area contributed by atoms with Crippen LogP contribution in [0.15, 0.2) is 24.3 Å². The molecule has 1 saturated carbocycles. The largest absolute Gasteiger partial charge is 0.497 e. The summed E-state index contributed by atoms with van der Waals surface area (Å²) in [5.74, 6) is 1.75. The van der Waals surface area contributed by atoms with Crippen LogP contribution in [-0.4, -0.2) is 19.7 Å². The molecule has 1 aromatic rings. The van der Waals surface area contributed by atoms with Crippen molar-refractivity contribution in [1.82, 2.24) is 5.32 Å². The van der Waals surface area contributed by atoms with Crippen LogP contribution in [0.2, 0.25) is 0 Å². The van der Waals surface area contributed by atoms with Gasteiger partial charge in [-0.25, -0.2) is 0 Å². The predicted molar refractivity (Wildman–Crippen MR) is 76.1 cm³/mol. The number of likely N-dealkylation sites (N-methyl/N-ethyl adjacent to an activating group) is 1. The van der Waals surface area contributed by atoms with Crippen molar-refractivity contribution in [3.8, 4) is 5.75 Å². The Labute approximate surface area is 111 Å². The number of rotatable bonds is 6. The maximum Gasteiger partial charge on any atom is 0.118 e. The third-order valence-electron chi connectivity index (χ3n) is 4.16. The summed E-state index contributed by atoms with van der Waals surface area (Å²) >= 11 is 0. The third kappa shape index (κ3) is 3.05. The molecule has 0 saturated heterocycles. The fourth-order valence-electron chi connectivity index (χ4n) is 2.83. The van der Waals surface area contributed by atoms with Gasteiger partial charge in [0.1, 0.15) is 5.75 Å². The van der Waals surface area contributed by atoms with E-state index in [1.807, 2.05) is 0 Å². The zero-order valence-corrected chi connectivity index (χ0v) is 12.0. The molecule has 100 valence electrons. The molecule has 0 spiro atoms. The highest BCUT2D eigenvalue weighted by atomic mass is 16.5. The highest BCUT2D eigenvalue weighted by molar-refractivity contribution is 5.28. The molecular formula is C16H25NO. The molecule has 0 heterocycles. The second-order valence-electron chi connectivity index (χ2n) is 6.02. The van der Waals surface area contributed by atoms with Gasteiger partial charge in [0, 0.05) is 6.04 Å². The topological polar surface area (TPSA) is 21.3 Å². The Kier molecular flexibility index (Phi) is 3.96. The van der Waals surface area contributed by atoms with Crippen LogP contribution in [0.5, 0.6) is 5.75 Å². The molecule has 2 heteroatoms. The minimum absolute atomic E-state index is 0.527. The summed E-state index contributed by atoms with van der Waals surface area (Å²) in [6.07, 6.45) is 2.47. The molecule has 0 bridgehead atoms. The Balaban J connectivity index is 1.99. The van der Waals surface area contributed by atoms with Crippen LogP contribution in [0, 0.1) is 11.3 Å². The Hall–Kier alpha value is -1.02. The van der Waals surface area contributed by atoms with Gasteiger partial charge in [-0.15, -0.1) is 0 Å². The normalized spacial score (nSPS) is 22.6. The Bertz CT molecular complexity index is 383. The number of benzene rings is 1. The van der Waals surface area contributed by atoms with Crippen molar-refractivity contribution in [2.24, 2.45) is 11.3 Å². The summed E-state index contributed by atoms with van der Waals surface area (Å²) in [6, 6.07) is 9.07. The lowest BCUT2D eigenvalue weighted by Gasteiger charge is -2.20. The van der Waals surface area contributed by atoms with Crippen LogP contribution in [0.25, 0.3) is 0 Å². The molecule has 0 aliphatic heterocycles. The first-order chi connectivity index (χ1) is 8.56. The fourth-order valence-corrected chi connectivity index (χ4v) is 2.83. The van der Waals surface area contributed by atoms with Gasteiger partial charge in [0.2, 0.25) is 0 Å². The zero-order valence-electron chi connectivity index (χ0n) is 12.0. The van der Waals surface area contributed by atoms with E-state index < -0.39 is 0 Å². The van der Waals surface area contributed by atoms with Gasteiger partial charge in [0.25, 0.3) is 0 Å². The van der Waals surface area contributed by atoms with Gasteiger partial charge < -0.3 is 10.1 Å². The van der Waals surface area contributed by atoms with Gasteiger partial charge in [0.05, 0.1) is 7.11 Å². The SMILES string of the molecule is CCNC(Cc1ccc(OC)cc1)C1CC1(C)C. The van der Waals surface area contributed by atoms with E-state index in [0.29, 0.717) is 11.5 Å². The maximum absolute atomic E-state index is 5.20. The third-order valence-corrected chi connectivity index (χ3v) is 4.16. The summed E-state index contributed by atoms with van der Waals surface area (Å²) in [5, 5.41) is 3.65. The summed E-state index contributed by atoms with van der Waals surface area (Å²) < 4.78 is 5.20. The molecule has 2 unspecified atom stereocenters. The predicted octanol–water partition coefficient (Wildman–Crippen LogP) is 3.26. The molecule has 2 rings (SSSR count). The number of nitrogens with one attached hydrogen (secondary N) is 1. The number of hydrogen-bond acceptors (Lipinski definition) is 2. The van der Waals surface area contributed by atoms with Gasteiger partial charge in [-0.1, -0.05) is 32.9 Å². The Morgan fingerprint density at radius 1 is 1.33 bits per heavy atom. The molecule has 0 radical (unpaired) electrons. The van der Waals surface area contributed by atoms with Crippen LogP contribution < -0.4 is 10.1 Å². The molecule has 18 heavy (non-hydrogen) atoms. The van der Waals surface area contributed by atoms with Crippen LogP contribution in [0.4, 0.5) is 0 Å².